The smallest absolute Gasteiger partial charge is 0.338 e. The van der Waals surface area contributed by atoms with Gasteiger partial charge in [0.15, 0.2) is 0 Å². The number of nitrogens with zero attached hydrogens (tertiary/aromatic N) is 1. The zero-order valence-electron chi connectivity index (χ0n) is 17.0. The van der Waals surface area contributed by atoms with Crippen LogP contribution in [0.4, 0.5) is 4.79 Å². The van der Waals surface area contributed by atoms with E-state index in [4.69, 9.17) is 9.15 Å². The van der Waals surface area contributed by atoms with Crippen LogP contribution >= 0.6 is 0 Å². The van der Waals surface area contributed by atoms with E-state index in [2.05, 4.69) is 22.6 Å². The summed E-state index contributed by atoms with van der Waals surface area (Å²) < 4.78 is 11.0. The van der Waals surface area contributed by atoms with Crippen molar-refractivity contribution < 1.29 is 18.7 Å². The molecule has 0 bridgehead atoms. The van der Waals surface area contributed by atoms with Gasteiger partial charge in [0.05, 0.1) is 12.2 Å². The number of hydrogen-bond donors (Lipinski definition) is 2. The van der Waals surface area contributed by atoms with E-state index in [1.807, 2.05) is 13.0 Å². The summed E-state index contributed by atoms with van der Waals surface area (Å²) in [7, 11) is 2.06. The van der Waals surface area contributed by atoms with Crippen LogP contribution in [-0.2, 0) is 9.53 Å². The molecule has 7 nitrogen and oxygen atoms in total. The molecule has 1 aromatic rings. The number of rotatable bonds is 6. The summed E-state index contributed by atoms with van der Waals surface area (Å²) in [6.45, 7) is 4.37. The van der Waals surface area contributed by atoms with E-state index in [1.165, 1.54) is 25.7 Å². The summed E-state index contributed by atoms with van der Waals surface area (Å²) in [6, 6.07) is 3.08. The fourth-order valence-electron chi connectivity index (χ4n) is 4.09. The van der Waals surface area contributed by atoms with Gasteiger partial charge in [0, 0.05) is 18.3 Å². The van der Waals surface area contributed by atoms with Crippen LogP contribution in [0, 0.1) is 6.92 Å². The van der Waals surface area contributed by atoms with E-state index in [0.29, 0.717) is 29.6 Å². The van der Waals surface area contributed by atoms with E-state index in [0.717, 1.165) is 18.6 Å². The van der Waals surface area contributed by atoms with Gasteiger partial charge >= 0.3 is 12.0 Å². The Labute approximate surface area is 166 Å². The molecule has 3 rings (SSSR count). The summed E-state index contributed by atoms with van der Waals surface area (Å²) in [6.07, 6.45) is 7.29. The molecular weight excluding hydrogens is 358 g/mol. The average Bonchev–Trinajstić information content (AvgIpc) is 2.91. The molecule has 1 aliphatic carbocycles. The lowest BCUT2D eigenvalue weighted by Gasteiger charge is -2.32. The van der Waals surface area contributed by atoms with Crippen molar-refractivity contribution >= 4 is 12.0 Å². The third-order valence-electron chi connectivity index (χ3n) is 5.55. The van der Waals surface area contributed by atoms with Crippen molar-refractivity contribution in [1.29, 1.82) is 0 Å². The van der Waals surface area contributed by atoms with Crippen LogP contribution in [0.15, 0.2) is 27.8 Å². The van der Waals surface area contributed by atoms with Gasteiger partial charge in [-0.15, -0.1) is 0 Å². The van der Waals surface area contributed by atoms with Gasteiger partial charge < -0.3 is 19.8 Å². The summed E-state index contributed by atoms with van der Waals surface area (Å²) in [5, 5.41) is 5.65. The Morgan fingerprint density at radius 2 is 1.96 bits per heavy atom. The van der Waals surface area contributed by atoms with Gasteiger partial charge in [-0.3, -0.25) is 4.90 Å². The maximum absolute atomic E-state index is 12.8. The number of furan rings is 1. The van der Waals surface area contributed by atoms with Crippen molar-refractivity contribution in [3.8, 4) is 0 Å². The Morgan fingerprint density at radius 1 is 1.25 bits per heavy atom. The molecule has 0 saturated heterocycles. The fraction of sp³-hybridized carbons (Fsp3) is 0.619. The van der Waals surface area contributed by atoms with Gasteiger partial charge in [-0.1, -0.05) is 25.7 Å². The first-order chi connectivity index (χ1) is 13.5. The van der Waals surface area contributed by atoms with Gasteiger partial charge in [-0.05, 0) is 45.9 Å². The lowest BCUT2D eigenvalue weighted by atomic mass is 9.99. The van der Waals surface area contributed by atoms with E-state index < -0.39 is 12.0 Å². The minimum atomic E-state index is -0.654. The Bertz CT molecular complexity index is 732. The molecule has 154 valence electrons. The van der Waals surface area contributed by atoms with Gasteiger partial charge in [0.2, 0.25) is 0 Å². The summed E-state index contributed by atoms with van der Waals surface area (Å²) in [5.74, 6) is 0.825. The number of urea groups is 1. The topological polar surface area (TPSA) is 83.8 Å². The second-order valence-electron chi connectivity index (χ2n) is 7.65. The second-order valence-corrected chi connectivity index (χ2v) is 7.65. The molecule has 2 aliphatic rings. The van der Waals surface area contributed by atoms with E-state index in [9.17, 15) is 9.59 Å². The van der Waals surface area contributed by atoms with Gasteiger partial charge in [-0.25, -0.2) is 9.59 Å². The zero-order valence-corrected chi connectivity index (χ0v) is 17.0. The molecule has 2 amide bonds. The van der Waals surface area contributed by atoms with Crippen molar-refractivity contribution in [2.24, 2.45) is 0 Å². The Balaban J connectivity index is 1.91. The standard InChI is InChI=1S/C21H31N3O4/c1-4-27-20(25)18-16(13-24(3)15-9-7-5-6-8-10-15)22-21(26)23-19(18)17-12-11-14(2)28-17/h11-12,15,19H,4-10,13H2,1-3H3,(H2,22,23,26)/t19-/m1/s1. The zero-order chi connectivity index (χ0) is 20.1. The maximum Gasteiger partial charge on any atom is 0.338 e. The van der Waals surface area contributed by atoms with Crippen molar-refractivity contribution in [3.63, 3.8) is 0 Å². The van der Waals surface area contributed by atoms with Crippen LogP contribution in [0.1, 0.15) is 63.0 Å². The molecule has 1 aliphatic heterocycles. The predicted molar refractivity (Wildman–Crippen MR) is 106 cm³/mol. The van der Waals surface area contributed by atoms with Gasteiger partial charge in [-0.2, -0.15) is 0 Å². The number of esters is 1. The largest absolute Gasteiger partial charge is 0.464 e. The fourth-order valence-corrected chi connectivity index (χ4v) is 4.09. The van der Waals surface area contributed by atoms with Crippen molar-refractivity contribution in [1.82, 2.24) is 15.5 Å². The first-order valence-corrected chi connectivity index (χ1v) is 10.2. The number of carbonyl (C=O) groups is 2. The molecule has 0 aromatic carbocycles. The van der Waals surface area contributed by atoms with Crippen LogP contribution < -0.4 is 10.6 Å². The van der Waals surface area contributed by atoms with Crippen molar-refractivity contribution in [2.75, 3.05) is 20.2 Å². The molecule has 0 radical (unpaired) electrons. The monoisotopic (exact) mass is 389 g/mol. The molecule has 7 heteroatoms. The first kappa shape index (κ1) is 20.5. The Morgan fingerprint density at radius 3 is 2.57 bits per heavy atom. The Hall–Kier alpha value is -2.28. The molecule has 1 aromatic heterocycles. The molecule has 1 fully saturated rings. The molecule has 2 heterocycles. The Kier molecular flexibility index (Phi) is 6.78. The average molecular weight is 389 g/mol. The number of ether oxygens (including phenoxy) is 1. The van der Waals surface area contributed by atoms with Crippen LogP contribution in [0.2, 0.25) is 0 Å². The van der Waals surface area contributed by atoms with Crippen LogP contribution in [0.5, 0.6) is 0 Å². The predicted octanol–water partition coefficient (Wildman–Crippen LogP) is 3.41. The van der Waals surface area contributed by atoms with Crippen LogP contribution in [0.25, 0.3) is 0 Å². The minimum absolute atomic E-state index is 0.270. The van der Waals surface area contributed by atoms with E-state index in [1.54, 1.807) is 13.0 Å². The van der Waals surface area contributed by atoms with Gasteiger partial charge in [0.1, 0.15) is 17.6 Å². The maximum atomic E-state index is 12.8. The number of hydrogen-bond acceptors (Lipinski definition) is 5. The van der Waals surface area contributed by atoms with Crippen LogP contribution in [-0.4, -0.2) is 43.1 Å². The quantitative estimate of drug-likeness (QED) is 0.575. The van der Waals surface area contributed by atoms with Crippen molar-refractivity contribution in [3.05, 3.63) is 34.9 Å². The summed E-state index contributed by atoms with van der Waals surface area (Å²) >= 11 is 0. The number of carbonyl (C=O) groups excluding carboxylic acids is 2. The number of nitrogens with one attached hydrogen (secondary N) is 2. The third-order valence-corrected chi connectivity index (χ3v) is 5.55. The molecule has 1 saturated carbocycles. The molecule has 0 unspecified atom stereocenters. The highest BCUT2D eigenvalue weighted by molar-refractivity contribution is 5.95. The lowest BCUT2D eigenvalue weighted by Crippen LogP contribution is -2.49. The SMILES string of the molecule is CCOC(=O)C1=C(CN(C)C2CCCCCC2)NC(=O)N[C@@H]1c1ccc(C)o1. The number of likely N-dealkylation sites (N-methyl/N-ethyl adjacent to an activating group) is 1. The molecule has 0 spiro atoms. The molecular formula is C21H31N3O4. The lowest BCUT2D eigenvalue weighted by molar-refractivity contribution is -0.139. The highest BCUT2D eigenvalue weighted by Crippen LogP contribution is 2.30. The summed E-state index contributed by atoms with van der Waals surface area (Å²) in [5.41, 5.74) is 1.00. The second kappa shape index (κ2) is 9.28. The molecule has 1 atom stereocenters. The normalized spacial score (nSPS) is 21.3. The van der Waals surface area contributed by atoms with E-state index in [-0.39, 0.29) is 12.6 Å². The number of aryl methyl sites for hydroxylation is 1. The van der Waals surface area contributed by atoms with Gasteiger partial charge in [0.25, 0.3) is 0 Å². The highest BCUT2D eigenvalue weighted by atomic mass is 16.5. The number of amides is 2. The third kappa shape index (κ3) is 4.76. The van der Waals surface area contributed by atoms with E-state index >= 15 is 0 Å². The van der Waals surface area contributed by atoms with Crippen LogP contribution in [0.3, 0.4) is 0 Å². The first-order valence-electron chi connectivity index (χ1n) is 10.2. The van der Waals surface area contributed by atoms with Crippen molar-refractivity contribution in [2.45, 2.75) is 64.5 Å². The molecule has 28 heavy (non-hydrogen) atoms. The minimum Gasteiger partial charge on any atom is -0.464 e. The highest BCUT2D eigenvalue weighted by Gasteiger charge is 2.36. The summed E-state index contributed by atoms with van der Waals surface area (Å²) in [4.78, 5) is 27.4. The molecule has 2 N–H and O–H groups in total.